The molecule has 0 aliphatic carbocycles. The number of amides is 1. The summed E-state index contributed by atoms with van der Waals surface area (Å²) in [4.78, 5) is 13.0. The Balaban J connectivity index is 1.49. The maximum Gasteiger partial charge on any atom is 0.234 e. The zero-order chi connectivity index (χ0) is 22.1. The van der Waals surface area contributed by atoms with Crippen molar-refractivity contribution < 1.29 is 13.7 Å². The molecule has 0 bridgehead atoms. The van der Waals surface area contributed by atoms with Gasteiger partial charge in [-0.2, -0.15) is 0 Å². The van der Waals surface area contributed by atoms with E-state index in [4.69, 9.17) is 4.74 Å². The Morgan fingerprint density at radius 1 is 1.07 bits per heavy atom. The van der Waals surface area contributed by atoms with Gasteiger partial charge in [-0.05, 0) is 80.0 Å². The molecule has 0 radical (unpaired) electrons. The van der Waals surface area contributed by atoms with E-state index < -0.39 is 16.2 Å². The molecule has 0 saturated carbocycles. The van der Waals surface area contributed by atoms with Crippen molar-refractivity contribution in [3.05, 3.63) is 53.1 Å². The molecule has 3 rings (SSSR count). The van der Waals surface area contributed by atoms with E-state index >= 15 is 0 Å². The molecule has 1 amide bonds. The summed E-state index contributed by atoms with van der Waals surface area (Å²) >= 11 is 0. The smallest absolute Gasteiger partial charge is 0.234 e. The number of carbonyl (C=O) groups excluding carboxylic acids is 1. The molecule has 2 aromatic carbocycles. The second kappa shape index (κ2) is 8.54. The van der Waals surface area contributed by atoms with Gasteiger partial charge >= 0.3 is 0 Å². The largest absolute Gasteiger partial charge is 0.494 e. The van der Waals surface area contributed by atoms with E-state index in [1.807, 2.05) is 45.0 Å². The van der Waals surface area contributed by atoms with E-state index in [-0.39, 0.29) is 11.3 Å². The highest BCUT2D eigenvalue weighted by atomic mass is 32.2. The molecular weight excluding hydrogens is 394 g/mol. The molecule has 5 heteroatoms. The average Bonchev–Trinajstić information content (AvgIpc) is 2.89. The fraction of sp³-hybridized carbons (Fsp3) is 0.480. The van der Waals surface area contributed by atoms with Crippen LogP contribution in [0.5, 0.6) is 5.75 Å². The Hall–Kier alpha value is -2.14. The quantitative estimate of drug-likeness (QED) is 0.595. The average molecular weight is 428 g/mol. The minimum absolute atomic E-state index is 0.0166. The summed E-state index contributed by atoms with van der Waals surface area (Å²) in [7, 11) is -0.994. The van der Waals surface area contributed by atoms with Crippen LogP contribution in [0.3, 0.4) is 0 Å². The van der Waals surface area contributed by atoms with E-state index in [1.165, 1.54) is 5.56 Å². The van der Waals surface area contributed by atoms with Gasteiger partial charge < -0.3 is 10.1 Å². The standard InChI is InChI=1S/C25H33NO3S/c1-17-15-18(24(2,3)4)9-12-22(17)30(28)14-8-7-13-29-19-10-11-21-20(16-19)25(5,6)23(27)26-21/h9-12,15-16H,7-8,13-14H2,1-6H3,(H,26,27). The van der Waals surface area contributed by atoms with Crippen molar-refractivity contribution >= 4 is 22.4 Å². The van der Waals surface area contributed by atoms with Crippen LogP contribution >= 0.6 is 0 Å². The summed E-state index contributed by atoms with van der Waals surface area (Å²) in [5.74, 6) is 1.42. The molecular formula is C25H33NO3S. The Bertz CT molecular complexity index is 973. The van der Waals surface area contributed by atoms with Crippen LogP contribution in [0.15, 0.2) is 41.3 Å². The Morgan fingerprint density at radius 2 is 1.80 bits per heavy atom. The molecule has 0 spiro atoms. The first kappa shape index (κ1) is 22.5. The highest BCUT2D eigenvalue weighted by Crippen LogP contribution is 2.39. The lowest BCUT2D eigenvalue weighted by atomic mass is 9.86. The van der Waals surface area contributed by atoms with E-state index in [9.17, 15) is 9.00 Å². The van der Waals surface area contributed by atoms with Gasteiger partial charge in [-0.15, -0.1) is 0 Å². The number of hydrogen-bond acceptors (Lipinski definition) is 3. The minimum Gasteiger partial charge on any atom is -0.494 e. The second-order valence-electron chi connectivity index (χ2n) is 9.62. The number of hydrogen-bond donors (Lipinski definition) is 1. The van der Waals surface area contributed by atoms with Crippen molar-refractivity contribution in [2.24, 2.45) is 0 Å². The number of fused-ring (bicyclic) bond motifs is 1. The predicted octanol–water partition coefficient (Wildman–Crippen LogP) is 5.49. The summed E-state index contributed by atoms with van der Waals surface area (Å²) in [6.45, 7) is 13.0. The normalized spacial score (nSPS) is 16.1. The van der Waals surface area contributed by atoms with Gasteiger partial charge in [-0.25, -0.2) is 0 Å². The Labute approximate surface area is 182 Å². The summed E-state index contributed by atoms with van der Waals surface area (Å²) in [5, 5.41) is 2.91. The van der Waals surface area contributed by atoms with Crippen LogP contribution in [0.4, 0.5) is 5.69 Å². The number of aryl methyl sites for hydroxylation is 1. The molecule has 0 aromatic heterocycles. The molecule has 1 N–H and O–H groups in total. The summed E-state index contributed by atoms with van der Waals surface area (Å²) in [6.07, 6.45) is 1.67. The monoisotopic (exact) mass is 427 g/mol. The zero-order valence-electron chi connectivity index (χ0n) is 18.9. The Morgan fingerprint density at radius 3 is 2.47 bits per heavy atom. The fourth-order valence-electron chi connectivity index (χ4n) is 3.65. The molecule has 162 valence electrons. The number of carbonyl (C=O) groups is 1. The van der Waals surface area contributed by atoms with Gasteiger partial charge in [0.1, 0.15) is 5.75 Å². The van der Waals surface area contributed by atoms with Gasteiger partial charge in [-0.3, -0.25) is 9.00 Å². The van der Waals surface area contributed by atoms with Crippen molar-refractivity contribution in [1.82, 2.24) is 0 Å². The number of rotatable bonds is 7. The lowest BCUT2D eigenvalue weighted by molar-refractivity contribution is -0.119. The summed E-state index contributed by atoms with van der Waals surface area (Å²) < 4.78 is 18.6. The maximum absolute atomic E-state index is 12.7. The second-order valence-corrected chi connectivity index (χ2v) is 11.2. The molecule has 4 nitrogen and oxygen atoms in total. The van der Waals surface area contributed by atoms with Crippen LogP contribution in [0, 0.1) is 6.92 Å². The fourth-order valence-corrected chi connectivity index (χ4v) is 4.97. The van der Waals surface area contributed by atoms with Crippen LogP contribution in [-0.4, -0.2) is 22.5 Å². The third-order valence-electron chi connectivity index (χ3n) is 5.76. The molecule has 1 unspecified atom stereocenters. The van der Waals surface area contributed by atoms with Gasteiger partial charge in [0.15, 0.2) is 0 Å². The highest BCUT2D eigenvalue weighted by molar-refractivity contribution is 7.85. The molecule has 1 atom stereocenters. The maximum atomic E-state index is 12.7. The lowest BCUT2D eigenvalue weighted by Crippen LogP contribution is -2.26. The molecule has 1 aliphatic rings. The van der Waals surface area contributed by atoms with Gasteiger partial charge in [0.25, 0.3) is 0 Å². The molecule has 0 fully saturated rings. The molecule has 30 heavy (non-hydrogen) atoms. The number of benzene rings is 2. The number of anilines is 1. The van der Waals surface area contributed by atoms with E-state index in [2.05, 4.69) is 38.2 Å². The highest BCUT2D eigenvalue weighted by Gasteiger charge is 2.38. The van der Waals surface area contributed by atoms with Crippen molar-refractivity contribution in [2.45, 2.75) is 70.1 Å². The lowest BCUT2D eigenvalue weighted by Gasteiger charge is -2.20. The number of unbranched alkanes of at least 4 members (excludes halogenated alkanes) is 1. The van der Waals surface area contributed by atoms with Gasteiger partial charge in [0, 0.05) is 16.3 Å². The topological polar surface area (TPSA) is 55.4 Å². The molecule has 1 heterocycles. The zero-order valence-corrected chi connectivity index (χ0v) is 19.7. The summed E-state index contributed by atoms with van der Waals surface area (Å²) in [6, 6.07) is 12.0. The van der Waals surface area contributed by atoms with Crippen LogP contribution in [0.25, 0.3) is 0 Å². The van der Waals surface area contributed by atoms with Crippen LogP contribution in [-0.2, 0) is 26.4 Å². The van der Waals surface area contributed by atoms with Crippen molar-refractivity contribution in [2.75, 3.05) is 17.7 Å². The van der Waals surface area contributed by atoms with Crippen molar-refractivity contribution in [1.29, 1.82) is 0 Å². The van der Waals surface area contributed by atoms with E-state index in [0.717, 1.165) is 40.3 Å². The molecule has 2 aromatic rings. The molecule has 1 aliphatic heterocycles. The predicted molar refractivity (Wildman–Crippen MR) is 124 cm³/mol. The first-order chi connectivity index (χ1) is 14.0. The van der Waals surface area contributed by atoms with E-state index in [1.54, 1.807) is 0 Å². The third-order valence-corrected chi connectivity index (χ3v) is 7.37. The van der Waals surface area contributed by atoms with Gasteiger partial charge in [0.2, 0.25) is 5.91 Å². The number of ether oxygens (including phenoxy) is 1. The van der Waals surface area contributed by atoms with Crippen LogP contribution in [0.2, 0.25) is 0 Å². The summed E-state index contributed by atoms with van der Waals surface area (Å²) in [5.41, 5.74) is 3.76. The Kier molecular flexibility index (Phi) is 6.42. The number of nitrogens with one attached hydrogen (secondary N) is 1. The first-order valence-corrected chi connectivity index (χ1v) is 11.9. The van der Waals surface area contributed by atoms with Crippen LogP contribution < -0.4 is 10.1 Å². The van der Waals surface area contributed by atoms with Crippen molar-refractivity contribution in [3.8, 4) is 5.75 Å². The minimum atomic E-state index is -0.994. The third kappa shape index (κ3) is 4.77. The first-order valence-electron chi connectivity index (χ1n) is 10.6. The van der Waals surface area contributed by atoms with Gasteiger partial charge in [-0.1, -0.05) is 32.9 Å². The van der Waals surface area contributed by atoms with Crippen LogP contribution in [0.1, 0.15) is 64.2 Å². The SMILES string of the molecule is Cc1cc(C(C)(C)C)ccc1S(=O)CCCCOc1ccc2c(c1)C(C)(C)C(=O)N2. The van der Waals surface area contributed by atoms with E-state index in [0.29, 0.717) is 12.4 Å². The van der Waals surface area contributed by atoms with Crippen molar-refractivity contribution in [3.63, 3.8) is 0 Å². The van der Waals surface area contributed by atoms with Gasteiger partial charge in [0.05, 0.1) is 22.8 Å². The molecule has 0 saturated heterocycles.